The standard InChI is InChI=1S/C16H13N5O3/c22-14(19-11-8-4-5-9-17-11)12-13(20-16(24)21-15(12)23)18-10-6-2-1-3-7-10/h1-9H,(H,17,19,22)(H3,18,20,21,23,24). The van der Waals surface area contributed by atoms with Crippen LogP contribution in [0, 0.1) is 0 Å². The largest absolute Gasteiger partial charge is 0.341 e. The molecule has 0 spiro atoms. The number of carbonyl (C=O) groups excluding carboxylic acids is 1. The first-order chi connectivity index (χ1) is 11.6. The molecule has 0 fully saturated rings. The third-order valence-corrected chi connectivity index (χ3v) is 3.12. The molecule has 0 atom stereocenters. The number of aromatic amines is 2. The highest BCUT2D eigenvalue weighted by Gasteiger charge is 2.18. The summed E-state index contributed by atoms with van der Waals surface area (Å²) in [4.78, 5) is 44.5. The predicted octanol–water partition coefficient (Wildman–Crippen LogP) is 1.45. The minimum atomic E-state index is -0.800. The number of para-hydroxylation sites is 1. The van der Waals surface area contributed by atoms with Crippen molar-refractivity contribution in [2.45, 2.75) is 0 Å². The number of amides is 1. The van der Waals surface area contributed by atoms with Gasteiger partial charge in [0.1, 0.15) is 17.2 Å². The van der Waals surface area contributed by atoms with Crippen molar-refractivity contribution in [1.82, 2.24) is 15.0 Å². The second kappa shape index (κ2) is 6.61. The van der Waals surface area contributed by atoms with E-state index in [1.165, 1.54) is 6.20 Å². The van der Waals surface area contributed by atoms with Gasteiger partial charge in [-0.1, -0.05) is 24.3 Å². The first-order valence-corrected chi connectivity index (χ1v) is 7.04. The molecule has 0 aliphatic heterocycles. The summed E-state index contributed by atoms with van der Waals surface area (Å²) in [5.74, 6) is -0.397. The lowest BCUT2D eigenvalue weighted by molar-refractivity contribution is 0.102. The van der Waals surface area contributed by atoms with Crippen LogP contribution in [0.5, 0.6) is 0 Å². The van der Waals surface area contributed by atoms with Crippen molar-refractivity contribution < 1.29 is 4.79 Å². The number of nitrogens with zero attached hydrogens (tertiary/aromatic N) is 1. The monoisotopic (exact) mass is 323 g/mol. The number of anilines is 3. The molecule has 8 heteroatoms. The fourth-order valence-corrected chi connectivity index (χ4v) is 2.08. The van der Waals surface area contributed by atoms with Gasteiger partial charge in [-0.25, -0.2) is 9.78 Å². The van der Waals surface area contributed by atoms with Crippen LogP contribution in [0.15, 0.2) is 64.3 Å². The topological polar surface area (TPSA) is 120 Å². The molecule has 0 saturated carbocycles. The molecule has 0 bridgehead atoms. The first-order valence-electron chi connectivity index (χ1n) is 7.04. The van der Waals surface area contributed by atoms with Gasteiger partial charge in [-0.15, -0.1) is 0 Å². The Morgan fingerprint density at radius 3 is 2.42 bits per heavy atom. The molecule has 0 unspecified atom stereocenters. The molecule has 0 aliphatic rings. The highest BCUT2D eigenvalue weighted by atomic mass is 16.2. The van der Waals surface area contributed by atoms with Crippen LogP contribution in [-0.2, 0) is 0 Å². The Bertz CT molecular complexity index is 964. The molecule has 3 rings (SSSR count). The van der Waals surface area contributed by atoms with Crippen molar-refractivity contribution >= 4 is 23.2 Å². The Balaban J connectivity index is 1.98. The molecule has 1 amide bonds. The summed E-state index contributed by atoms with van der Waals surface area (Å²) in [6.45, 7) is 0. The third-order valence-electron chi connectivity index (χ3n) is 3.12. The van der Waals surface area contributed by atoms with Crippen LogP contribution in [0.2, 0.25) is 0 Å². The van der Waals surface area contributed by atoms with E-state index in [2.05, 4.69) is 20.6 Å². The van der Waals surface area contributed by atoms with E-state index in [-0.39, 0.29) is 11.4 Å². The summed E-state index contributed by atoms with van der Waals surface area (Å²) in [5, 5.41) is 5.38. The van der Waals surface area contributed by atoms with Gasteiger partial charge in [-0.2, -0.15) is 0 Å². The SMILES string of the molecule is O=C(Nc1ccccn1)c1c(Nc2ccccc2)[nH]c(=O)[nH]c1=O. The number of hydrogen-bond donors (Lipinski definition) is 4. The zero-order valence-electron chi connectivity index (χ0n) is 12.4. The van der Waals surface area contributed by atoms with E-state index >= 15 is 0 Å². The van der Waals surface area contributed by atoms with E-state index in [0.717, 1.165) is 0 Å². The minimum absolute atomic E-state index is 0.00313. The maximum Gasteiger partial charge on any atom is 0.327 e. The number of carbonyl (C=O) groups is 1. The minimum Gasteiger partial charge on any atom is -0.341 e. The lowest BCUT2D eigenvalue weighted by atomic mass is 10.2. The summed E-state index contributed by atoms with van der Waals surface area (Å²) in [5.41, 5.74) is -1.15. The van der Waals surface area contributed by atoms with Gasteiger partial charge in [0.15, 0.2) is 0 Å². The highest BCUT2D eigenvalue weighted by molar-refractivity contribution is 6.07. The number of aromatic nitrogens is 3. The predicted molar refractivity (Wildman–Crippen MR) is 89.6 cm³/mol. The Hall–Kier alpha value is -3.68. The van der Waals surface area contributed by atoms with E-state index in [1.54, 1.807) is 42.5 Å². The Morgan fingerprint density at radius 1 is 0.958 bits per heavy atom. The van der Waals surface area contributed by atoms with Gasteiger partial charge >= 0.3 is 5.69 Å². The van der Waals surface area contributed by atoms with Gasteiger partial charge in [0.2, 0.25) is 0 Å². The Morgan fingerprint density at radius 2 is 1.71 bits per heavy atom. The van der Waals surface area contributed by atoms with Crippen molar-refractivity contribution in [2.24, 2.45) is 0 Å². The van der Waals surface area contributed by atoms with E-state index in [0.29, 0.717) is 11.5 Å². The van der Waals surface area contributed by atoms with Crippen molar-refractivity contribution in [3.05, 3.63) is 81.1 Å². The third kappa shape index (κ3) is 3.38. The van der Waals surface area contributed by atoms with Gasteiger partial charge < -0.3 is 10.6 Å². The van der Waals surface area contributed by atoms with Crippen LogP contribution in [0.3, 0.4) is 0 Å². The second-order valence-electron chi connectivity index (χ2n) is 4.82. The summed E-state index contributed by atoms with van der Waals surface area (Å²) in [6.07, 6.45) is 1.51. The molecular weight excluding hydrogens is 310 g/mol. The molecule has 1 aromatic carbocycles. The molecular formula is C16H13N5O3. The van der Waals surface area contributed by atoms with Crippen molar-refractivity contribution in [3.8, 4) is 0 Å². The summed E-state index contributed by atoms with van der Waals surface area (Å²) < 4.78 is 0. The zero-order valence-corrected chi connectivity index (χ0v) is 12.4. The summed E-state index contributed by atoms with van der Waals surface area (Å²) in [6, 6.07) is 13.8. The molecule has 8 nitrogen and oxygen atoms in total. The van der Waals surface area contributed by atoms with E-state index in [4.69, 9.17) is 0 Å². The normalized spacial score (nSPS) is 10.2. The number of nitrogens with one attached hydrogen (secondary N) is 4. The number of benzene rings is 1. The van der Waals surface area contributed by atoms with Gasteiger partial charge in [0, 0.05) is 11.9 Å². The summed E-state index contributed by atoms with van der Waals surface area (Å²) >= 11 is 0. The van der Waals surface area contributed by atoms with Gasteiger partial charge in [0.05, 0.1) is 0 Å². The van der Waals surface area contributed by atoms with Crippen molar-refractivity contribution in [3.63, 3.8) is 0 Å². The quantitative estimate of drug-likeness (QED) is 0.579. The van der Waals surface area contributed by atoms with Crippen LogP contribution < -0.4 is 21.9 Å². The average molecular weight is 323 g/mol. The van der Waals surface area contributed by atoms with Gasteiger partial charge in [0.25, 0.3) is 11.5 Å². The maximum atomic E-state index is 12.4. The number of pyridine rings is 1. The molecule has 2 aromatic heterocycles. The molecule has 24 heavy (non-hydrogen) atoms. The van der Waals surface area contributed by atoms with E-state index in [1.807, 2.05) is 11.1 Å². The molecule has 0 saturated heterocycles. The molecule has 0 aliphatic carbocycles. The van der Waals surface area contributed by atoms with Crippen LogP contribution in [0.25, 0.3) is 0 Å². The number of rotatable bonds is 4. The fraction of sp³-hybridized carbons (Fsp3) is 0. The molecule has 2 heterocycles. The van der Waals surface area contributed by atoms with Crippen LogP contribution in [0.1, 0.15) is 10.4 Å². The molecule has 120 valence electrons. The van der Waals surface area contributed by atoms with Crippen molar-refractivity contribution in [2.75, 3.05) is 10.6 Å². The smallest absolute Gasteiger partial charge is 0.327 e. The van der Waals surface area contributed by atoms with Crippen molar-refractivity contribution in [1.29, 1.82) is 0 Å². The highest BCUT2D eigenvalue weighted by Crippen LogP contribution is 2.15. The van der Waals surface area contributed by atoms with Crippen LogP contribution >= 0.6 is 0 Å². The summed E-state index contributed by atoms with van der Waals surface area (Å²) in [7, 11) is 0. The lowest BCUT2D eigenvalue weighted by Gasteiger charge is -2.10. The first kappa shape index (κ1) is 15.2. The maximum absolute atomic E-state index is 12.4. The fourth-order valence-electron chi connectivity index (χ4n) is 2.08. The van der Waals surface area contributed by atoms with E-state index in [9.17, 15) is 14.4 Å². The average Bonchev–Trinajstić information content (AvgIpc) is 2.56. The number of hydrogen-bond acceptors (Lipinski definition) is 5. The van der Waals surface area contributed by atoms with Gasteiger partial charge in [-0.3, -0.25) is 19.6 Å². The van der Waals surface area contributed by atoms with Crippen LogP contribution in [-0.4, -0.2) is 20.9 Å². The number of H-pyrrole nitrogens is 2. The molecule has 0 radical (unpaired) electrons. The van der Waals surface area contributed by atoms with Gasteiger partial charge in [-0.05, 0) is 24.3 Å². The Labute approximate surface area is 135 Å². The zero-order chi connectivity index (χ0) is 16.9. The molecule has 4 N–H and O–H groups in total. The molecule has 3 aromatic rings. The lowest BCUT2D eigenvalue weighted by Crippen LogP contribution is -2.32. The van der Waals surface area contributed by atoms with E-state index < -0.39 is 17.2 Å². The second-order valence-corrected chi connectivity index (χ2v) is 4.82. The Kier molecular flexibility index (Phi) is 4.19. The van der Waals surface area contributed by atoms with Crippen LogP contribution in [0.4, 0.5) is 17.3 Å².